The first-order valence-corrected chi connectivity index (χ1v) is 8.21. The summed E-state index contributed by atoms with van der Waals surface area (Å²) >= 11 is 0. The molecule has 1 aliphatic rings. The number of likely N-dealkylation sites (tertiary alicyclic amines) is 1. The summed E-state index contributed by atoms with van der Waals surface area (Å²) in [6, 6.07) is 7.57. The van der Waals surface area contributed by atoms with Crippen molar-refractivity contribution in [3.63, 3.8) is 0 Å². The van der Waals surface area contributed by atoms with Gasteiger partial charge in [-0.25, -0.2) is 0 Å². The second-order valence-electron chi connectivity index (χ2n) is 6.24. The van der Waals surface area contributed by atoms with Gasteiger partial charge in [0.1, 0.15) is 0 Å². The molecular formula is C17H24F3N3O. The van der Waals surface area contributed by atoms with Crippen molar-refractivity contribution in [3.8, 4) is 0 Å². The molecule has 2 rings (SSSR count). The Hall–Kier alpha value is -1.60. The SMILES string of the molecule is Cc1ccc(C(=O)NCCNC2CCN(CC(F)(F)F)CC2)cc1. The summed E-state index contributed by atoms with van der Waals surface area (Å²) < 4.78 is 37.0. The van der Waals surface area contributed by atoms with E-state index >= 15 is 0 Å². The normalized spacial score (nSPS) is 17.0. The van der Waals surface area contributed by atoms with E-state index in [1.54, 1.807) is 12.1 Å². The highest BCUT2D eigenvalue weighted by molar-refractivity contribution is 5.94. The quantitative estimate of drug-likeness (QED) is 0.780. The Kier molecular flexibility index (Phi) is 6.62. The Labute approximate surface area is 140 Å². The van der Waals surface area contributed by atoms with E-state index in [2.05, 4.69) is 10.6 Å². The molecule has 1 fully saturated rings. The molecule has 0 bridgehead atoms. The fraction of sp³-hybridized carbons (Fsp3) is 0.588. The number of benzene rings is 1. The molecule has 1 aromatic rings. The summed E-state index contributed by atoms with van der Waals surface area (Å²) in [5, 5.41) is 6.14. The van der Waals surface area contributed by atoms with Crippen molar-refractivity contribution in [3.05, 3.63) is 35.4 Å². The second-order valence-corrected chi connectivity index (χ2v) is 6.24. The van der Waals surface area contributed by atoms with Gasteiger partial charge < -0.3 is 10.6 Å². The first kappa shape index (κ1) is 18.7. The van der Waals surface area contributed by atoms with Gasteiger partial charge in [-0.1, -0.05) is 17.7 Å². The predicted octanol–water partition coefficient (Wildman–Crippen LogP) is 2.34. The standard InChI is InChI=1S/C17H24F3N3O/c1-13-2-4-14(5-3-13)16(24)22-9-8-21-15-6-10-23(11-7-15)12-17(18,19)20/h2-5,15,21H,6-12H2,1H3,(H,22,24). The first-order valence-electron chi connectivity index (χ1n) is 8.21. The lowest BCUT2D eigenvalue weighted by Crippen LogP contribution is -2.46. The minimum Gasteiger partial charge on any atom is -0.351 e. The van der Waals surface area contributed by atoms with Crippen molar-refractivity contribution >= 4 is 5.91 Å². The predicted molar refractivity (Wildman–Crippen MR) is 87.0 cm³/mol. The van der Waals surface area contributed by atoms with Crippen LogP contribution in [0.1, 0.15) is 28.8 Å². The molecule has 1 saturated heterocycles. The first-order chi connectivity index (χ1) is 11.3. The molecule has 2 N–H and O–H groups in total. The maximum absolute atomic E-state index is 12.3. The average molecular weight is 343 g/mol. The van der Waals surface area contributed by atoms with E-state index in [-0.39, 0.29) is 11.9 Å². The van der Waals surface area contributed by atoms with E-state index in [9.17, 15) is 18.0 Å². The van der Waals surface area contributed by atoms with Gasteiger partial charge >= 0.3 is 6.18 Å². The maximum atomic E-state index is 12.3. The Morgan fingerprint density at radius 1 is 1.17 bits per heavy atom. The molecule has 0 saturated carbocycles. The molecular weight excluding hydrogens is 319 g/mol. The molecule has 7 heteroatoms. The van der Waals surface area contributed by atoms with Gasteiger partial charge in [0, 0.05) is 24.7 Å². The largest absolute Gasteiger partial charge is 0.401 e. The van der Waals surface area contributed by atoms with Crippen LogP contribution in [0.25, 0.3) is 0 Å². The number of carbonyl (C=O) groups is 1. The number of alkyl halides is 3. The number of piperidine rings is 1. The lowest BCUT2D eigenvalue weighted by molar-refractivity contribution is -0.148. The fourth-order valence-electron chi connectivity index (χ4n) is 2.81. The zero-order chi connectivity index (χ0) is 17.6. The number of hydrogen-bond donors (Lipinski definition) is 2. The van der Waals surface area contributed by atoms with Crippen LogP contribution in [0.15, 0.2) is 24.3 Å². The third-order valence-corrected chi connectivity index (χ3v) is 4.15. The molecule has 0 atom stereocenters. The van der Waals surface area contributed by atoms with E-state index in [0.29, 0.717) is 44.6 Å². The number of aryl methyl sites for hydroxylation is 1. The molecule has 24 heavy (non-hydrogen) atoms. The Morgan fingerprint density at radius 2 is 1.79 bits per heavy atom. The van der Waals surface area contributed by atoms with Gasteiger partial charge in [-0.05, 0) is 45.0 Å². The number of nitrogens with one attached hydrogen (secondary N) is 2. The second kappa shape index (κ2) is 8.48. The summed E-state index contributed by atoms with van der Waals surface area (Å²) in [4.78, 5) is 13.4. The van der Waals surface area contributed by atoms with Crippen molar-refractivity contribution in [2.24, 2.45) is 0 Å². The molecule has 0 radical (unpaired) electrons. The molecule has 0 spiro atoms. The summed E-state index contributed by atoms with van der Waals surface area (Å²) in [5.74, 6) is -0.114. The summed E-state index contributed by atoms with van der Waals surface area (Å²) in [5.41, 5.74) is 1.73. The summed E-state index contributed by atoms with van der Waals surface area (Å²) in [6.45, 7) is 3.15. The van der Waals surface area contributed by atoms with Gasteiger partial charge in [0.05, 0.1) is 6.54 Å². The van der Waals surface area contributed by atoms with Crippen LogP contribution in [0, 0.1) is 6.92 Å². The number of carbonyl (C=O) groups excluding carboxylic acids is 1. The van der Waals surface area contributed by atoms with Crippen LogP contribution in [0.3, 0.4) is 0 Å². The molecule has 1 aromatic carbocycles. The van der Waals surface area contributed by atoms with E-state index < -0.39 is 12.7 Å². The summed E-state index contributed by atoms with van der Waals surface area (Å²) in [7, 11) is 0. The molecule has 4 nitrogen and oxygen atoms in total. The molecule has 134 valence electrons. The number of halogens is 3. The van der Waals surface area contributed by atoms with Crippen molar-refractivity contribution in [1.29, 1.82) is 0 Å². The molecule has 1 aliphatic heterocycles. The van der Waals surface area contributed by atoms with Crippen LogP contribution in [-0.4, -0.2) is 55.7 Å². The lowest BCUT2D eigenvalue weighted by atomic mass is 10.1. The zero-order valence-corrected chi connectivity index (χ0v) is 13.8. The van der Waals surface area contributed by atoms with E-state index in [1.807, 2.05) is 19.1 Å². The van der Waals surface area contributed by atoms with Gasteiger partial charge in [0.25, 0.3) is 5.91 Å². The minimum atomic E-state index is -4.12. The molecule has 0 unspecified atom stereocenters. The summed E-state index contributed by atoms with van der Waals surface area (Å²) in [6.07, 6.45) is -2.73. The number of nitrogens with zero attached hydrogens (tertiary/aromatic N) is 1. The third kappa shape index (κ3) is 6.49. The van der Waals surface area contributed by atoms with Gasteiger partial charge in [-0.3, -0.25) is 9.69 Å². The van der Waals surface area contributed by atoms with Crippen LogP contribution in [0.4, 0.5) is 13.2 Å². The van der Waals surface area contributed by atoms with Crippen LogP contribution in [0.5, 0.6) is 0 Å². The van der Waals surface area contributed by atoms with Crippen molar-refractivity contribution < 1.29 is 18.0 Å². The number of amides is 1. The van der Waals surface area contributed by atoms with Crippen LogP contribution in [0.2, 0.25) is 0 Å². The van der Waals surface area contributed by atoms with E-state index in [4.69, 9.17) is 0 Å². The maximum Gasteiger partial charge on any atom is 0.401 e. The number of hydrogen-bond acceptors (Lipinski definition) is 3. The van der Waals surface area contributed by atoms with Crippen LogP contribution < -0.4 is 10.6 Å². The number of rotatable bonds is 6. The lowest BCUT2D eigenvalue weighted by Gasteiger charge is -2.32. The highest BCUT2D eigenvalue weighted by Crippen LogP contribution is 2.19. The van der Waals surface area contributed by atoms with Gasteiger partial charge in [-0.15, -0.1) is 0 Å². The fourth-order valence-corrected chi connectivity index (χ4v) is 2.81. The smallest absolute Gasteiger partial charge is 0.351 e. The van der Waals surface area contributed by atoms with Crippen molar-refractivity contribution in [2.45, 2.75) is 32.0 Å². The van der Waals surface area contributed by atoms with Crippen molar-refractivity contribution in [1.82, 2.24) is 15.5 Å². The highest BCUT2D eigenvalue weighted by atomic mass is 19.4. The monoisotopic (exact) mass is 343 g/mol. The van der Waals surface area contributed by atoms with Gasteiger partial charge in [0.15, 0.2) is 0 Å². The molecule has 1 amide bonds. The zero-order valence-electron chi connectivity index (χ0n) is 13.8. The molecule has 0 aromatic heterocycles. The average Bonchev–Trinajstić information content (AvgIpc) is 2.52. The highest BCUT2D eigenvalue weighted by Gasteiger charge is 2.32. The Bertz CT molecular complexity index is 523. The minimum absolute atomic E-state index is 0.114. The van der Waals surface area contributed by atoms with Crippen LogP contribution in [-0.2, 0) is 0 Å². The van der Waals surface area contributed by atoms with Gasteiger partial charge in [0.2, 0.25) is 0 Å². The van der Waals surface area contributed by atoms with Crippen molar-refractivity contribution in [2.75, 3.05) is 32.7 Å². The topological polar surface area (TPSA) is 44.4 Å². The molecule has 1 heterocycles. The van der Waals surface area contributed by atoms with Gasteiger partial charge in [-0.2, -0.15) is 13.2 Å². The Balaban J connectivity index is 1.60. The van der Waals surface area contributed by atoms with Crippen LogP contribution >= 0.6 is 0 Å². The third-order valence-electron chi connectivity index (χ3n) is 4.15. The van der Waals surface area contributed by atoms with E-state index in [0.717, 1.165) is 5.56 Å². The Morgan fingerprint density at radius 3 is 2.38 bits per heavy atom. The molecule has 0 aliphatic carbocycles. The van der Waals surface area contributed by atoms with E-state index in [1.165, 1.54) is 4.90 Å².